The summed E-state index contributed by atoms with van der Waals surface area (Å²) in [5, 5.41) is 4.91. The molecule has 0 aliphatic carbocycles. The van der Waals surface area contributed by atoms with Crippen LogP contribution in [0.15, 0.2) is 35.6 Å². The lowest BCUT2D eigenvalue weighted by molar-refractivity contribution is -0.116. The highest BCUT2D eigenvalue weighted by molar-refractivity contribution is 7.98. The Morgan fingerprint density at radius 1 is 1.19 bits per heavy atom. The maximum Gasteiger partial charge on any atom is 0.224 e. The third kappa shape index (κ3) is 3.90. The van der Waals surface area contributed by atoms with Crippen molar-refractivity contribution in [3.05, 3.63) is 47.4 Å². The number of thioether (sulfide) groups is 1. The van der Waals surface area contributed by atoms with Crippen molar-refractivity contribution in [2.75, 3.05) is 11.6 Å². The van der Waals surface area contributed by atoms with E-state index in [1.165, 1.54) is 17.3 Å². The second-order valence-electron chi connectivity index (χ2n) is 6.28. The molecule has 3 rings (SSSR count). The Kier molecular flexibility index (Phi) is 5.61. The van der Waals surface area contributed by atoms with Crippen LogP contribution >= 0.6 is 11.8 Å². The molecule has 136 valence electrons. The first-order chi connectivity index (χ1) is 12.5. The van der Waals surface area contributed by atoms with Gasteiger partial charge in [-0.2, -0.15) is 0 Å². The summed E-state index contributed by atoms with van der Waals surface area (Å²) in [7, 11) is 0. The molecule has 0 bridgehead atoms. The molecule has 2 heterocycles. The molecule has 26 heavy (non-hydrogen) atoms. The lowest BCUT2D eigenvalue weighted by Gasteiger charge is -2.10. The van der Waals surface area contributed by atoms with E-state index in [0.29, 0.717) is 12.8 Å². The molecule has 1 aromatic carbocycles. The van der Waals surface area contributed by atoms with Crippen LogP contribution in [0.5, 0.6) is 0 Å². The standard InChI is InChI=1S/C20H24N4OS/c1-5-24-11-10-15-12-16(6-8-18(15)24)23-19(25)9-7-17-13(2)21-20(26-4)22-14(17)3/h6,8,10-12H,5,7,9H2,1-4H3,(H,23,25). The summed E-state index contributed by atoms with van der Waals surface area (Å²) in [5.41, 5.74) is 4.99. The fourth-order valence-electron chi connectivity index (χ4n) is 3.18. The zero-order chi connectivity index (χ0) is 18.7. The fourth-order valence-corrected chi connectivity index (χ4v) is 3.63. The number of carbonyl (C=O) groups excluding carboxylic acids is 1. The summed E-state index contributed by atoms with van der Waals surface area (Å²) >= 11 is 1.53. The van der Waals surface area contributed by atoms with Crippen molar-refractivity contribution in [3.8, 4) is 0 Å². The monoisotopic (exact) mass is 368 g/mol. The number of anilines is 1. The highest BCUT2D eigenvalue weighted by atomic mass is 32.2. The number of aromatic nitrogens is 3. The summed E-state index contributed by atoms with van der Waals surface area (Å²) in [6.07, 6.45) is 5.09. The molecule has 5 nitrogen and oxygen atoms in total. The highest BCUT2D eigenvalue weighted by Gasteiger charge is 2.11. The van der Waals surface area contributed by atoms with Crippen LogP contribution in [0.25, 0.3) is 10.9 Å². The van der Waals surface area contributed by atoms with Gasteiger partial charge in [-0.1, -0.05) is 11.8 Å². The van der Waals surface area contributed by atoms with Crippen molar-refractivity contribution < 1.29 is 4.79 Å². The Morgan fingerprint density at radius 2 is 1.92 bits per heavy atom. The molecule has 0 spiro atoms. The molecule has 0 saturated heterocycles. The van der Waals surface area contributed by atoms with E-state index >= 15 is 0 Å². The Morgan fingerprint density at radius 3 is 2.58 bits per heavy atom. The van der Waals surface area contributed by atoms with Gasteiger partial charge in [0.1, 0.15) is 0 Å². The molecule has 0 aliphatic heterocycles. The largest absolute Gasteiger partial charge is 0.348 e. The van der Waals surface area contributed by atoms with Crippen LogP contribution in [0.2, 0.25) is 0 Å². The molecular weight excluding hydrogens is 344 g/mol. The third-order valence-corrected chi connectivity index (χ3v) is 5.13. The SMILES string of the molecule is CCn1ccc2cc(NC(=O)CCc3c(C)nc(SC)nc3C)ccc21. The van der Waals surface area contributed by atoms with Crippen molar-refractivity contribution in [3.63, 3.8) is 0 Å². The summed E-state index contributed by atoms with van der Waals surface area (Å²) in [5.74, 6) is 0.00650. The van der Waals surface area contributed by atoms with Crippen molar-refractivity contribution in [1.29, 1.82) is 0 Å². The summed E-state index contributed by atoms with van der Waals surface area (Å²) in [6, 6.07) is 8.11. The Balaban J connectivity index is 1.66. The first-order valence-electron chi connectivity index (χ1n) is 8.78. The number of nitrogens with one attached hydrogen (secondary N) is 1. The van der Waals surface area contributed by atoms with E-state index in [1.54, 1.807) is 0 Å². The molecule has 0 fully saturated rings. The van der Waals surface area contributed by atoms with Crippen LogP contribution in [0.4, 0.5) is 5.69 Å². The van der Waals surface area contributed by atoms with Gasteiger partial charge >= 0.3 is 0 Å². The fraction of sp³-hybridized carbons (Fsp3) is 0.350. The summed E-state index contributed by atoms with van der Waals surface area (Å²) in [6.45, 7) is 7.02. The number of hydrogen-bond acceptors (Lipinski definition) is 4. The molecule has 0 saturated carbocycles. The molecule has 3 aromatic rings. The van der Waals surface area contributed by atoms with E-state index in [4.69, 9.17) is 0 Å². The van der Waals surface area contributed by atoms with E-state index in [-0.39, 0.29) is 5.91 Å². The minimum atomic E-state index is 0.00650. The average molecular weight is 369 g/mol. The van der Waals surface area contributed by atoms with Gasteiger partial charge in [-0.05, 0) is 63.3 Å². The lowest BCUT2D eigenvalue weighted by atomic mass is 10.1. The third-order valence-electron chi connectivity index (χ3n) is 4.58. The smallest absolute Gasteiger partial charge is 0.224 e. The van der Waals surface area contributed by atoms with Crippen molar-refractivity contribution >= 4 is 34.3 Å². The first kappa shape index (κ1) is 18.5. The van der Waals surface area contributed by atoms with Gasteiger partial charge < -0.3 is 9.88 Å². The lowest BCUT2D eigenvalue weighted by Crippen LogP contribution is -2.13. The van der Waals surface area contributed by atoms with Crippen molar-refractivity contribution in [2.24, 2.45) is 0 Å². The van der Waals surface area contributed by atoms with Crippen LogP contribution in [-0.4, -0.2) is 26.7 Å². The van der Waals surface area contributed by atoms with Crippen molar-refractivity contribution in [2.45, 2.75) is 45.3 Å². The van der Waals surface area contributed by atoms with Gasteiger partial charge in [0.15, 0.2) is 5.16 Å². The molecule has 1 amide bonds. The Hall–Kier alpha value is -2.34. The first-order valence-corrected chi connectivity index (χ1v) is 10.0. The number of hydrogen-bond donors (Lipinski definition) is 1. The minimum Gasteiger partial charge on any atom is -0.348 e. The van der Waals surface area contributed by atoms with Crippen LogP contribution in [0, 0.1) is 13.8 Å². The number of nitrogens with zero attached hydrogens (tertiary/aromatic N) is 3. The molecule has 1 N–H and O–H groups in total. The number of benzene rings is 1. The minimum absolute atomic E-state index is 0.00650. The number of rotatable bonds is 6. The number of amides is 1. The van der Waals surface area contributed by atoms with Gasteiger partial charge in [0.25, 0.3) is 0 Å². The zero-order valence-corrected chi connectivity index (χ0v) is 16.5. The van der Waals surface area contributed by atoms with Gasteiger partial charge in [-0.3, -0.25) is 4.79 Å². The van der Waals surface area contributed by atoms with E-state index in [1.807, 2.05) is 32.2 Å². The van der Waals surface area contributed by atoms with Gasteiger partial charge in [0.2, 0.25) is 5.91 Å². The molecule has 0 aliphatic rings. The van der Waals surface area contributed by atoms with E-state index < -0.39 is 0 Å². The van der Waals surface area contributed by atoms with Gasteiger partial charge in [-0.25, -0.2) is 9.97 Å². The molecule has 2 aromatic heterocycles. The maximum atomic E-state index is 12.4. The van der Waals surface area contributed by atoms with Crippen LogP contribution in [0.3, 0.4) is 0 Å². The van der Waals surface area contributed by atoms with Crippen molar-refractivity contribution in [1.82, 2.24) is 14.5 Å². The van der Waals surface area contributed by atoms with Crippen LogP contribution in [0.1, 0.15) is 30.3 Å². The number of fused-ring (bicyclic) bond motifs is 1. The maximum absolute atomic E-state index is 12.4. The Labute approximate surface area is 158 Å². The second kappa shape index (κ2) is 7.91. The van der Waals surface area contributed by atoms with E-state index in [0.717, 1.165) is 39.7 Å². The molecule has 6 heteroatoms. The van der Waals surface area contributed by atoms with Gasteiger partial charge in [-0.15, -0.1) is 0 Å². The molecule has 0 radical (unpaired) electrons. The quantitative estimate of drug-likeness (QED) is 0.519. The van der Waals surface area contributed by atoms with E-state index in [9.17, 15) is 4.79 Å². The Bertz CT molecular complexity index is 925. The molecule has 0 atom stereocenters. The number of carbonyl (C=O) groups is 1. The summed E-state index contributed by atoms with van der Waals surface area (Å²) in [4.78, 5) is 21.3. The summed E-state index contributed by atoms with van der Waals surface area (Å²) < 4.78 is 2.19. The van der Waals surface area contributed by atoms with Crippen LogP contribution < -0.4 is 5.32 Å². The zero-order valence-electron chi connectivity index (χ0n) is 15.7. The van der Waals surface area contributed by atoms with Crippen LogP contribution in [-0.2, 0) is 17.8 Å². The average Bonchev–Trinajstić information content (AvgIpc) is 3.03. The molecular formula is C20H24N4OS. The van der Waals surface area contributed by atoms with E-state index in [2.05, 4.69) is 45.1 Å². The van der Waals surface area contributed by atoms with Gasteiger partial charge in [0, 0.05) is 47.1 Å². The predicted octanol–water partition coefficient (Wildman–Crippen LogP) is 4.36. The molecule has 0 unspecified atom stereocenters. The topological polar surface area (TPSA) is 59.8 Å². The second-order valence-corrected chi connectivity index (χ2v) is 7.06. The predicted molar refractivity (Wildman–Crippen MR) is 108 cm³/mol. The highest BCUT2D eigenvalue weighted by Crippen LogP contribution is 2.21. The number of aryl methyl sites for hydroxylation is 3. The van der Waals surface area contributed by atoms with Gasteiger partial charge in [0.05, 0.1) is 0 Å². The normalized spacial score (nSPS) is 11.1.